The molecule has 0 saturated heterocycles. The van der Waals surface area contributed by atoms with Crippen LogP contribution in [0.15, 0.2) is 0 Å². The zero-order valence-corrected chi connectivity index (χ0v) is 12.3. The van der Waals surface area contributed by atoms with Crippen LogP contribution in [0.4, 0.5) is 13.2 Å². The number of nitrogens with zero attached hydrogens (tertiary/aromatic N) is 1. The second-order valence-corrected chi connectivity index (χ2v) is 5.21. The first kappa shape index (κ1) is 20.1. The monoisotopic (exact) mass is 329 g/mol. The van der Waals surface area contributed by atoms with E-state index in [1.54, 1.807) is 5.32 Å². The smallest absolute Gasteiger partial charge is 0.348 e. The minimum absolute atomic E-state index is 0.0123. The first-order valence-electron chi connectivity index (χ1n) is 6.45. The topological polar surface area (TPSA) is 94.4 Å². The molecular formula is C11H19F3N3O3P. The van der Waals surface area contributed by atoms with Gasteiger partial charge in [-0.1, -0.05) is 12.8 Å². The van der Waals surface area contributed by atoms with Gasteiger partial charge in [-0.2, -0.15) is 18.4 Å². The van der Waals surface area contributed by atoms with Crippen LogP contribution < -0.4 is 10.4 Å². The molecule has 3 N–H and O–H groups in total. The number of halogens is 3. The Hall–Kier alpha value is -0.940. The molecule has 0 aromatic heterocycles. The summed E-state index contributed by atoms with van der Waals surface area (Å²) in [6.45, 7) is 0.676. The highest BCUT2D eigenvalue weighted by Crippen LogP contribution is 2.25. The van der Waals surface area contributed by atoms with Crippen molar-refractivity contribution in [2.75, 3.05) is 19.7 Å². The molecule has 1 atom stereocenters. The summed E-state index contributed by atoms with van der Waals surface area (Å²) in [5, 5.41) is 12.7. The maximum atomic E-state index is 11.8. The van der Waals surface area contributed by atoms with Gasteiger partial charge in [0.1, 0.15) is 0 Å². The van der Waals surface area contributed by atoms with E-state index in [0.29, 0.717) is 32.4 Å². The molecule has 0 aliphatic rings. The van der Waals surface area contributed by atoms with E-state index in [9.17, 15) is 22.9 Å². The fraction of sp³-hybridized carbons (Fsp3) is 0.818. The Balaban J connectivity index is 3.34. The second-order valence-electron chi connectivity index (χ2n) is 4.09. The summed E-state index contributed by atoms with van der Waals surface area (Å²) in [6.07, 6.45) is -2.05. The molecule has 0 aliphatic carbocycles. The molecule has 1 unspecified atom stereocenters. The van der Waals surface area contributed by atoms with Crippen LogP contribution in [0.3, 0.4) is 0 Å². The van der Waals surface area contributed by atoms with Gasteiger partial charge in [-0.3, -0.25) is 4.79 Å². The fourth-order valence-corrected chi connectivity index (χ4v) is 1.98. The standard InChI is InChI=1S/C11H19F3N3O3P/c12-11(13,14)10(18)16-7-3-1-2-4-9-20-21(19)17-8-5-6-15/h17,19H,1-5,7-9H2,(H,16,18). The number of nitriles is 1. The minimum Gasteiger partial charge on any atom is -0.348 e. The molecule has 0 aromatic rings. The number of carbonyl (C=O) groups excluding carboxylic acids is 1. The summed E-state index contributed by atoms with van der Waals surface area (Å²) in [5.74, 6) is -1.92. The van der Waals surface area contributed by atoms with Gasteiger partial charge in [0.15, 0.2) is 0 Å². The lowest BCUT2D eigenvalue weighted by molar-refractivity contribution is -0.173. The molecule has 0 spiro atoms. The Bertz CT molecular complexity index is 337. The fourth-order valence-electron chi connectivity index (χ4n) is 1.29. The third kappa shape index (κ3) is 12.5. The van der Waals surface area contributed by atoms with Gasteiger partial charge in [0.05, 0.1) is 12.7 Å². The first-order chi connectivity index (χ1) is 9.88. The molecule has 6 nitrogen and oxygen atoms in total. The Kier molecular flexibility index (Phi) is 11.2. The quantitative estimate of drug-likeness (QED) is 0.398. The van der Waals surface area contributed by atoms with Gasteiger partial charge in [-0.25, -0.2) is 5.09 Å². The maximum Gasteiger partial charge on any atom is 0.471 e. The highest BCUT2D eigenvalue weighted by Gasteiger charge is 2.38. The van der Waals surface area contributed by atoms with E-state index in [-0.39, 0.29) is 13.0 Å². The summed E-state index contributed by atoms with van der Waals surface area (Å²) in [6, 6.07) is 1.92. The van der Waals surface area contributed by atoms with Crippen molar-refractivity contribution >= 4 is 14.4 Å². The molecule has 0 bridgehead atoms. The number of amides is 1. The number of unbranched alkanes of at least 4 members (excludes halogenated alkanes) is 3. The number of alkyl halides is 3. The molecule has 21 heavy (non-hydrogen) atoms. The van der Waals surface area contributed by atoms with E-state index in [2.05, 4.69) is 5.09 Å². The zero-order chi connectivity index (χ0) is 16.1. The van der Waals surface area contributed by atoms with E-state index in [0.717, 1.165) is 6.42 Å². The van der Waals surface area contributed by atoms with Crippen LogP contribution in [0, 0.1) is 11.3 Å². The average molecular weight is 329 g/mol. The summed E-state index contributed by atoms with van der Waals surface area (Å²) in [7, 11) is -1.72. The third-order valence-corrected chi connectivity index (χ3v) is 3.23. The summed E-state index contributed by atoms with van der Waals surface area (Å²) in [4.78, 5) is 19.8. The van der Waals surface area contributed by atoms with Crippen molar-refractivity contribution in [2.24, 2.45) is 0 Å². The Morgan fingerprint density at radius 3 is 2.52 bits per heavy atom. The van der Waals surface area contributed by atoms with Crippen molar-refractivity contribution in [3.05, 3.63) is 0 Å². The molecule has 1 amide bonds. The second kappa shape index (κ2) is 11.7. The zero-order valence-electron chi connectivity index (χ0n) is 11.4. The lowest BCUT2D eigenvalue weighted by atomic mass is 10.2. The van der Waals surface area contributed by atoms with Crippen LogP contribution in [0.1, 0.15) is 32.1 Å². The molecule has 10 heteroatoms. The largest absolute Gasteiger partial charge is 0.471 e. The molecule has 0 aliphatic heterocycles. The van der Waals surface area contributed by atoms with Gasteiger partial charge in [0.2, 0.25) is 0 Å². The number of hydrogen-bond acceptors (Lipinski definition) is 5. The SMILES string of the molecule is N#CCCNP(O)OCCCCCCNC(=O)C(F)(F)F. The molecule has 0 saturated carbocycles. The molecule has 0 fully saturated rings. The molecule has 122 valence electrons. The lowest BCUT2D eigenvalue weighted by Gasteiger charge is -2.11. The average Bonchev–Trinajstić information content (AvgIpc) is 2.40. The van der Waals surface area contributed by atoms with E-state index in [1.165, 1.54) is 0 Å². The van der Waals surface area contributed by atoms with Crippen LogP contribution in [0.2, 0.25) is 0 Å². The summed E-state index contributed by atoms with van der Waals surface area (Å²) in [5.41, 5.74) is 0. The number of nitrogens with one attached hydrogen (secondary N) is 2. The maximum absolute atomic E-state index is 11.8. The van der Waals surface area contributed by atoms with Gasteiger partial charge in [-0.15, -0.1) is 0 Å². The number of rotatable bonds is 11. The summed E-state index contributed by atoms with van der Waals surface area (Å²) >= 11 is 0. The predicted octanol–water partition coefficient (Wildman–Crippen LogP) is 1.96. The van der Waals surface area contributed by atoms with Crippen molar-refractivity contribution < 1.29 is 27.4 Å². The van der Waals surface area contributed by atoms with Crippen LogP contribution in [-0.2, 0) is 9.32 Å². The van der Waals surface area contributed by atoms with Crippen LogP contribution in [-0.4, -0.2) is 36.7 Å². The predicted molar refractivity (Wildman–Crippen MR) is 70.9 cm³/mol. The Morgan fingerprint density at radius 1 is 1.24 bits per heavy atom. The van der Waals surface area contributed by atoms with Crippen LogP contribution in [0.5, 0.6) is 0 Å². The van der Waals surface area contributed by atoms with E-state index >= 15 is 0 Å². The van der Waals surface area contributed by atoms with E-state index in [4.69, 9.17) is 9.79 Å². The van der Waals surface area contributed by atoms with Gasteiger partial charge in [-0.05, 0) is 12.8 Å². The normalized spacial score (nSPS) is 12.7. The van der Waals surface area contributed by atoms with Crippen LogP contribution in [0.25, 0.3) is 0 Å². The van der Waals surface area contributed by atoms with Gasteiger partial charge in [0.25, 0.3) is 8.53 Å². The third-order valence-electron chi connectivity index (χ3n) is 2.31. The molecule has 0 radical (unpaired) electrons. The Morgan fingerprint density at radius 2 is 1.90 bits per heavy atom. The van der Waals surface area contributed by atoms with Crippen LogP contribution >= 0.6 is 8.53 Å². The Labute approximate surface area is 122 Å². The van der Waals surface area contributed by atoms with Crippen molar-refractivity contribution in [3.63, 3.8) is 0 Å². The molecule has 0 heterocycles. The number of hydrogen-bond donors (Lipinski definition) is 3. The number of carbonyl (C=O) groups is 1. The molecule has 0 aromatic carbocycles. The van der Waals surface area contributed by atoms with Crippen molar-refractivity contribution in [3.8, 4) is 6.07 Å². The van der Waals surface area contributed by atoms with E-state index < -0.39 is 20.6 Å². The van der Waals surface area contributed by atoms with Crippen molar-refractivity contribution in [1.29, 1.82) is 5.26 Å². The van der Waals surface area contributed by atoms with Crippen molar-refractivity contribution in [1.82, 2.24) is 10.4 Å². The molecule has 0 rings (SSSR count). The van der Waals surface area contributed by atoms with Gasteiger partial charge in [0, 0.05) is 19.5 Å². The molecular weight excluding hydrogens is 310 g/mol. The highest BCUT2D eigenvalue weighted by atomic mass is 31.2. The lowest BCUT2D eigenvalue weighted by Crippen LogP contribution is -2.37. The van der Waals surface area contributed by atoms with Gasteiger partial charge >= 0.3 is 12.1 Å². The highest BCUT2D eigenvalue weighted by molar-refractivity contribution is 7.43. The minimum atomic E-state index is -4.83. The first-order valence-corrected chi connectivity index (χ1v) is 7.66. The van der Waals surface area contributed by atoms with Gasteiger partial charge < -0.3 is 14.7 Å². The van der Waals surface area contributed by atoms with E-state index in [1.807, 2.05) is 6.07 Å². The summed E-state index contributed by atoms with van der Waals surface area (Å²) < 4.78 is 40.6. The van der Waals surface area contributed by atoms with Crippen molar-refractivity contribution in [2.45, 2.75) is 38.3 Å².